The molecule has 2 aromatic carbocycles. The van der Waals surface area contributed by atoms with Crippen molar-refractivity contribution in [3.63, 3.8) is 0 Å². The molecule has 3 heteroatoms. The summed E-state index contributed by atoms with van der Waals surface area (Å²) in [5, 5.41) is 1.16. The molecule has 1 atom stereocenters. The lowest BCUT2D eigenvalue weighted by molar-refractivity contribution is 0.405. The molecule has 0 spiro atoms. The molecule has 1 aromatic heterocycles. The van der Waals surface area contributed by atoms with Crippen molar-refractivity contribution in [2.45, 2.75) is 12.5 Å². The van der Waals surface area contributed by atoms with Crippen LogP contribution in [0, 0.1) is 0 Å². The van der Waals surface area contributed by atoms with E-state index in [2.05, 4.69) is 11.1 Å². The lowest BCUT2D eigenvalue weighted by Crippen LogP contribution is -2.14. The van der Waals surface area contributed by atoms with Gasteiger partial charge in [0.1, 0.15) is 5.75 Å². The predicted molar refractivity (Wildman–Crippen MR) is 85.4 cm³/mol. The van der Waals surface area contributed by atoms with E-state index in [0.29, 0.717) is 0 Å². The number of ether oxygens (including phenoxy) is 1. The Morgan fingerprint density at radius 3 is 2.67 bits per heavy atom. The molecule has 0 saturated carbocycles. The molecule has 0 fully saturated rings. The van der Waals surface area contributed by atoms with Crippen molar-refractivity contribution in [1.82, 2.24) is 4.98 Å². The number of hydrogen-bond donors (Lipinski definition) is 1. The molecule has 106 valence electrons. The number of benzene rings is 2. The zero-order valence-electron chi connectivity index (χ0n) is 12.0. The zero-order valence-corrected chi connectivity index (χ0v) is 12.0. The van der Waals surface area contributed by atoms with Crippen LogP contribution in [0.15, 0.2) is 60.8 Å². The fraction of sp³-hybridized carbons (Fsp3) is 0.167. The van der Waals surface area contributed by atoms with Gasteiger partial charge in [0.05, 0.1) is 12.6 Å². The van der Waals surface area contributed by atoms with Crippen molar-refractivity contribution in [1.29, 1.82) is 0 Å². The number of methoxy groups -OCH3 is 1. The number of rotatable bonds is 4. The standard InChI is InChI=1S/C18H18N2O/c1-21-18-9-5-3-7-15(18)16(19)12-13-10-11-20-17-8-4-2-6-14(13)17/h2-11,16H,12,19H2,1H3. The minimum Gasteiger partial charge on any atom is -0.496 e. The number of aromatic nitrogens is 1. The van der Waals surface area contributed by atoms with Gasteiger partial charge in [-0.15, -0.1) is 0 Å². The Morgan fingerprint density at radius 1 is 1.05 bits per heavy atom. The van der Waals surface area contributed by atoms with Gasteiger partial charge < -0.3 is 10.5 Å². The highest BCUT2D eigenvalue weighted by Crippen LogP contribution is 2.27. The Morgan fingerprint density at radius 2 is 1.81 bits per heavy atom. The first-order valence-corrected chi connectivity index (χ1v) is 7.00. The topological polar surface area (TPSA) is 48.1 Å². The summed E-state index contributed by atoms with van der Waals surface area (Å²) in [4.78, 5) is 4.39. The van der Waals surface area contributed by atoms with Crippen molar-refractivity contribution in [3.05, 3.63) is 71.9 Å². The number of fused-ring (bicyclic) bond motifs is 1. The maximum absolute atomic E-state index is 6.39. The van der Waals surface area contributed by atoms with E-state index in [-0.39, 0.29) is 6.04 Å². The van der Waals surface area contributed by atoms with E-state index < -0.39 is 0 Å². The van der Waals surface area contributed by atoms with E-state index in [4.69, 9.17) is 10.5 Å². The Bertz CT molecular complexity index is 750. The Balaban J connectivity index is 1.95. The van der Waals surface area contributed by atoms with Crippen molar-refractivity contribution >= 4 is 10.9 Å². The molecule has 0 radical (unpaired) electrons. The highest BCUT2D eigenvalue weighted by Gasteiger charge is 2.13. The van der Waals surface area contributed by atoms with E-state index in [1.807, 2.05) is 54.7 Å². The van der Waals surface area contributed by atoms with Crippen LogP contribution in [0.1, 0.15) is 17.2 Å². The number of nitrogens with two attached hydrogens (primary N) is 1. The van der Waals surface area contributed by atoms with E-state index in [1.54, 1.807) is 7.11 Å². The van der Waals surface area contributed by atoms with Crippen LogP contribution in [0.5, 0.6) is 5.75 Å². The van der Waals surface area contributed by atoms with Gasteiger partial charge in [-0.1, -0.05) is 36.4 Å². The van der Waals surface area contributed by atoms with Gasteiger partial charge in [0, 0.05) is 23.2 Å². The van der Waals surface area contributed by atoms with Crippen molar-refractivity contribution in [2.75, 3.05) is 7.11 Å². The van der Waals surface area contributed by atoms with E-state index in [9.17, 15) is 0 Å². The molecule has 0 aliphatic carbocycles. The Hall–Kier alpha value is -2.39. The van der Waals surface area contributed by atoms with Crippen LogP contribution in [-0.2, 0) is 6.42 Å². The minimum atomic E-state index is -0.105. The first-order chi connectivity index (χ1) is 10.3. The molecular weight excluding hydrogens is 260 g/mol. The van der Waals surface area contributed by atoms with Crippen LogP contribution in [0.3, 0.4) is 0 Å². The van der Waals surface area contributed by atoms with Crippen LogP contribution in [-0.4, -0.2) is 12.1 Å². The lowest BCUT2D eigenvalue weighted by atomic mass is 9.97. The van der Waals surface area contributed by atoms with E-state index >= 15 is 0 Å². The summed E-state index contributed by atoms with van der Waals surface area (Å²) in [5.41, 5.74) is 9.63. The van der Waals surface area contributed by atoms with Crippen LogP contribution in [0.2, 0.25) is 0 Å². The molecular formula is C18H18N2O. The fourth-order valence-electron chi connectivity index (χ4n) is 2.65. The summed E-state index contributed by atoms with van der Waals surface area (Å²) in [6, 6.07) is 18.0. The van der Waals surface area contributed by atoms with Gasteiger partial charge in [-0.2, -0.15) is 0 Å². The van der Waals surface area contributed by atoms with Gasteiger partial charge in [-0.05, 0) is 30.2 Å². The van der Waals surface area contributed by atoms with Crippen LogP contribution in [0.25, 0.3) is 10.9 Å². The maximum atomic E-state index is 6.39. The number of para-hydroxylation sites is 2. The fourth-order valence-corrected chi connectivity index (χ4v) is 2.65. The number of hydrogen-bond acceptors (Lipinski definition) is 3. The molecule has 0 saturated heterocycles. The predicted octanol–water partition coefficient (Wildman–Crippen LogP) is 3.49. The monoisotopic (exact) mass is 278 g/mol. The second kappa shape index (κ2) is 5.94. The summed E-state index contributed by atoms with van der Waals surface area (Å²) >= 11 is 0. The normalized spacial score (nSPS) is 12.3. The van der Waals surface area contributed by atoms with Crippen molar-refractivity contribution in [2.24, 2.45) is 5.73 Å². The number of pyridine rings is 1. The highest BCUT2D eigenvalue weighted by atomic mass is 16.5. The summed E-state index contributed by atoms with van der Waals surface area (Å²) in [5.74, 6) is 0.836. The Kier molecular flexibility index (Phi) is 3.84. The van der Waals surface area contributed by atoms with Gasteiger partial charge >= 0.3 is 0 Å². The van der Waals surface area contributed by atoms with E-state index in [1.165, 1.54) is 5.56 Å². The second-order valence-corrected chi connectivity index (χ2v) is 5.04. The van der Waals surface area contributed by atoms with Crippen LogP contribution < -0.4 is 10.5 Å². The molecule has 3 rings (SSSR count). The molecule has 3 nitrogen and oxygen atoms in total. The molecule has 1 unspecified atom stereocenters. The van der Waals surface area contributed by atoms with Gasteiger partial charge in [0.25, 0.3) is 0 Å². The highest BCUT2D eigenvalue weighted by molar-refractivity contribution is 5.81. The maximum Gasteiger partial charge on any atom is 0.123 e. The first-order valence-electron chi connectivity index (χ1n) is 7.00. The van der Waals surface area contributed by atoms with Crippen LogP contribution in [0.4, 0.5) is 0 Å². The largest absolute Gasteiger partial charge is 0.496 e. The van der Waals surface area contributed by atoms with Gasteiger partial charge in [-0.25, -0.2) is 0 Å². The third kappa shape index (κ3) is 2.73. The lowest BCUT2D eigenvalue weighted by Gasteiger charge is -2.16. The minimum absolute atomic E-state index is 0.105. The summed E-state index contributed by atoms with van der Waals surface area (Å²) in [6.07, 6.45) is 2.59. The van der Waals surface area contributed by atoms with E-state index in [0.717, 1.165) is 28.6 Å². The summed E-state index contributed by atoms with van der Waals surface area (Å²) in [7, 11) is 1.67. The Labute approximate surface area is 124 Å². The molecule has 21 heavy (non-hydrogen) atoms. The smallest absolute Gasteiger partial charge is 0.123 e. The molecule has 0 bridgehead atoms. The van der Waals surface area contributed by atoms with Crippen molar-refractivity contribution in [3.8, 4) is 5.75 Å². The van der Waals surface area contributed by atoms with Crippen molar-refractivity contribution < 1.29 is 4.74 Å². The summed E-state index contributed by atoms with van der Waals surface area (Å²) in [6.45, 7) is 0. The average molecular weight is 278 g/mol. The molecule has 1 heterocycles. The molecule has 0 aliphatic rings. The molecule has 0 amide bonds. The third-order valence-electron chi connectivity index (χ3n) is 3.72. The molecule has 0 aliphatic heterocycles. The average Bonchev–Trinajstić information content (AvgIpc) is 2.55. The number of nitrogens with zero attached hydrogens (tertiary/aromatic N) is 1. The van der Waals surface area contributed by atoms with Crippen LogP contribution >= 0.6 is 0 Å². The summed E-state index contributed by atoms with van der Waals surface area (Å²) < 4.78 is 5.40. The van der Waals surface area contributed by atoms with Gasteiger partial charge in [-0.3, -0.25) is 4.98 Å². The zero-order chi connectivity index (χ0) is 14.7. The molecule has 2 N–H and O–H groups in total. The third-order valence-corrected chi connectivity index (χ3v) is 3.72. The van der Waals surface area contributed by atoms with Gasteiger partial charge in [0.15, 0.2) is 0 Å². The molecule has 3 aromatic rings. The first kappa shape index (κ1) is 13.6. The van der Waals surface area contributed by atoms with Gasteiger partial charge in [0.2, 0.25) is 0 Å². The quantitative estimate of drug-likeness (QED) is 0.794. The second-order valence-electron chi connectivity index (χ2n) is 5.04. The SMILES string of the molecule is COc1ccccc1C(N)Cc1ccnc2ccccc12.